The van der Waals surface area contributed by atoms with Gasteiger partial charge in [-0.25, -0.2) is 9.78 Å². The number of fused-ring (bicyclic) bond motifs is 1. The maximum atomic E-state index is 13.7. The fourth-order valence-corrected chi connectivity index (χ4v) is 7.74. The zero-order chi connectivity index (χ0) is 42.0. The number of nitrogens with zero attached hydrogens (tertiary/aromatic N) is 5. The molecule has 2 aliphatic heterocycles. The first kappa shape index (κ1) is 41.9. The number of likely N-dealkylation sites (tertiary alicyclic amines) is 1. The molecule has 0 spiro atoms. The second-order valence-corrected chi connectivity index (χ2v) is 15.8. The predicted octanol–water partition coefficient (Wildman–Crippen LogP) is 7.63. The van der Waals surface area contributed by atoms with Gasteiger partial charge in [0.1, 0.15) is 23.7 Å². The Balaban J connectivity index is 0.898. The van der Waals surface area contributed by atoms with Gasteiger partial charge in [0.2, 0.25) is 5.91 Å². The van der Waals surface area contributed by atoms with E-state index in [9.17, 15) is 19.2 Å². The number of likely N-dealkylation sites (N-methyl/N-ethyl adjacent to an activating group) is 1. The molecule has 7 rings (SSSR count). The zero-order valence-corrected chi connectivity index (χ0v) is 34.8. The summed E-state index contributed by atoms with van der Waals surface area (Å²) in [7, 11) is 3.81. The van der Waals surface area contributed by atoms with Crippen LogP contribution in [-0.4, -0.2) is 108 Å². The molecule has 0 bridgehead atoms. The molecule has 5 aromatic rings. The molecule has 314 valence electrons. The Labute approximate surface area is 351 Å². The van der Waals surface area contributed by atoms with Gasteiger partial charge in [-0.3, -0.25) is 14.4 Å². The van der Waals surface area contributed by atoms with Crippen LogP contribution in [0.25, 0.3) is 11.0 Å². The van der Waals surface area contributed by atoms with Gasteiger partial charge < -0.3 is 39.4 Å². The van der Waals surface area contributed by atoms with Crippen molar-refractivity contribution in [2.45, 2.75) is 58.0 Å². The van der Waals surface area contributed by atoms with Crippen molar-refractivity contribution in [3.05, 3.63) is 119 Å². The van der Waals surface area contributed by atoms with E-state index in [4.69, 9.17) is 14.5 Å². The summed E-state index contributed by atoms with van der Waals surface area (Å²) >= 11 is 0. The number of carbonyl (C=O) groups is 4. The smallest absolute Gasteiger partial charge is 0.410 e. The van der Waals surface area contributed by atoms with E-state index in [2.05, 4.69) is 22.2 Å². The number of carbonyl (C=O) groups excluding carboxylic acids is 4. The highest BCUT2D eigenvalue weighted by molar-refractivity contribution is 6.12. The fourth-order valence-electron chi connectivity index (χ4n) is 7.74. The first-order chi connectivity index (χ1) is 29.1. The zero-order valence-electron chi connectivity index (χ0n) is 34.8. The molecule has 0 radical (unpaired) electrons. The number of piperazine rings is 1. The van der Waals surface area contributed by atoms with E-state index in [0.29, 0.717) is 59.9 Å². The van der Waals surface area contributed by atoms with Gasteiger partial charge in [-0.1, -0.05) is 42.5 Å². The van der Waals surface area contributed by atoms with E-state index in [-0.39, 0.29) is 36.3 Å². The number of amides is 4. The summed E-state index contributed by atoms with van der Waals surface area (Å²) in [6, 6.07) is 27.7. The van der Waals surface area contributed by atoms with Crippen LogP contribution in [0.4, 0.5) is 16.2 Å². The second-order valence-electron chi connectivity index (χ2n) is 15.8. The van der Waals surface area contributed by atoms with Crippen molar-refractivity contribution in [2.24, 2.45) is 0 Å². The van der Waals surface area contributed by atoms with Gasteiger partial charge in [-0.2, -0.15) is 0 Å². The highest BCUT2D eigenvalue weighted by atomic mass is 16.6. The predicted molar refractivity (Wildman–Crippen MR) is 233 cm³/mol. The van der Waals surface area contributed by atoms with Gasteiger partial charge in [0, 0.05) is 69.9 Å². The minimum absolute atomic E-state index is 0.109. The number of unbranched alkanes of at least 4 members (excludes halogenated alkanes) is 2. The molecule has 0 aliphatic carbocycles. The van der Waals surface area contributed by atoms with E-state index in [1.807, 2.05) is 72.5 Å². The van der Waals surface area contributed by atoms with E-state index in [1.165, 1.54) is 0 Å². The van der Waals surface area contributed by atoms with E-state index in [0.717, 1.165) is 80.8 Å². The molecule has 13 heteroatoms. The number of para-hydroxylation sites is 1. The number of hydrogen-bond acceptors (Lipinski definition) is 8. The minimum atomic E-state index is -0.318. The number of rotatable bonds is 14. The number of anilines is 2. The third-order valence-electron chi connectivity index (χ3n) is 11.4. The molecular formula is C47H55N7O6. The van der Waals surface area contributed by atoms with E-state index >= 15 is 0 Å². The maximum Gasteiger partial charge on any atom is 0.410 e. The average molecular weight is 814 g/mol. The highest BCUT2D eigenvalue weighted by Gasteiger charge is 2.28. The molecular weight excluding hydrogens is 759 g/mol. The summed E-state index contributed by atoms with van der Waals surface area (Å²) in [5.74, 6) is 1.23. The molecule has 13 nitrogen and oxygen atoms in total. The van der Waals surface area contributed by atoms with Crippen LogP contribution in [0, 0.1) is 6.92 Å². The van der Waals surface area contributed by atoms with Crippen molar-refractivity contribution in [3.63, 3.8) is 0 Å². The number of aromatic amines is 1. The number of hydrogen-bond donors (Lipinski definition) is 2. The summed E-state index contributed by atoms with van der Waals surface area (Å²) in [6.07, 6.45) is 4.19. The van der Waals surface area contributed by atoms with Gasteiger partial charge in [0.25, 0.3) is 11.8 Å². The SMILES string of the molecule is Cc1ccc(N(C)C(=O)c2ccc(NC(=O)c3cccc4[nH]c(C5CCN(C(=O)OCc6ccccc6)CC5)nc34)cc2)c(OCCCCCC(=O)N2CCN(C)CC2)c1. The second kappa shape index (κ2) is 19.7. The molecule has 2 aliphatic rings. The molecule has 2 N–H and O–H groups in total. The third kappa shape index (κ3) is 10.5. The molecule has 3 heterocycles. The first-order valence-corrected chi connectivity index (χ1v) is 21.0. The largest absolute Gasteiger partial charge is 0.491 e. The van der Waals surface area contributed by atoms with Gasteiger partial charge >= 0.3 is 6.09 Å². The molecule has 0 atom stereocenters. The quantitative estimate of drug-likeness (QED) is 0.109. The maximum absolute atomic E-state index is 13.7. The first-order valence-electron chi connectivity index (χ1n) is 21.0. The van der Waals surface area contributed by atoms with Crippen molar-refractivity contribution >= 4 is 46.2 Å². The monoisotopic (exact) mass is 813 g/mol. The van der Waals surface area contributed by atoms with Crippen molar-refractivity contribution in [3.8, 4) is 5.75 Å². The van der Waals surface area contributed by atoms with Crippen LogP contribution in [0.3, 0.4) is 0 Å². The normalized spacial score (nSPS) is 14.8. The van der Waals surface area contributed by atoms with Crippen molar-refractivity contribution in [1.29, 1.82) is 0 Å². The number of nitrogens with one attached hydrogen (secondary N) is 2. The molecule has 4 amide bonds. The van der Waals surface area contributed by atoms with E-state index in [1.54, 1.807) is 47.2 Å². The lowest BCUT2D eigenvalue weighted by atomic mass is 9.96. The molecule has 1 aromatic heterocycles. The molecule has 2 saturated heterocycles. The lowest BCUT2D eigenvalue weighted by Gasteiger charge is -2.32. The number of aryl methyl sites for hydroxylation is 1. The van der Waals surface area contributed by atoms with Crippen molar-refractivity contribution in [1.82, 2.24) is 24.7 Å². The lowest BCUT2D eigenvalue weighted by molar-refractivity contribution is -0.132. The Morgan fingerprint density at radius 1 is 0.833 bits per heavy atom. The van der Waals surface area contributed by atoms with Crippen LogP contribution < -0.4 is 15.0 Å². The Bertz CT molecular complexity index is 2260. The van der Waals surface area contributed by atoms with Gasteiger partial charge in [0.05, 0.1) is 23.4 Å². The van der Waals surface area contributed by atoms with Crippen LogP contribution in [0.2, 0.25) is 0 Å². The molecule has 0 saturated carbocycles. The summed E-state index contributed by atoms with van der Waals surface area (Å²) in [4.78, 5) is 68.4. The minimum Gasteiger partial charge on any atom is -0.491 e. The Kier molecular flexibility index (Phi) is 13.8. The van der Waals surface area contributed by atoms with Crippen molar-refractivity contribution in [2.75, 3.05) is 70.2 Å². The van der Waals surface area contributed by atoms with Gasteiger partial charge in [-0.15, -0.1) is 0 Å². The summed E-state index contributed by atoms with van der Waals surface area (Å²) in [6.45, 7) is 7.26. The number of benzene rings is 4. The third-order valence-corrected chi connectivity index (χ3v) is 11.4. The summed E-state index contributed by atoms with van der Waals surface area (Å²) < 4.78 is 11.7. The van der Waals surface area contributed by atoms with Gasteiger partial charge in [-0.05, 0) is 106 Å². The highest BCUT2D eigenvalue weighted by Crippen LogP contribution is 2.32. The lowest BCUT2D eigenvalue weighted by Crippen LogP contribution is -2.47. The van der Waals surface area contributed by atoms with Crippen LogP contribution >= 0.6 is 0 Å². The number of ether oxygens (including phenoxy) is 2. The van der Waals surface area contributed by atoms with Crippen LogP contribution in [0.1, 0.15) is 82.1 Å². The molecule has 60 heavy (non-hydrogen) atoms. The Morgan fingerprint density at radius 2 is 1.58 bits per heavy atom. The average Bonchev–Trinajstić information content (AvgIpc) is 3.72. The number of H-pyrrole nitrogens is 1. The van der Waals surface area contributed by atoms with Crippen LogP contribution in [0.5, 0.6) is 5.75 Å². The number of aromatic nitrogens is 2. The van der Waals surface area contributed by atoms with Crippen molar-refractivity contribution < 1.29 is 28.7 Å². The van der Waals surface area contributed by atoms with Crippen LogP contribution in [-0.2, 0) is 16.1 Å². The van der Waals surface area contributed by atoms with Crippen LogP contribution in [0.15, 0.2) is 91.0 Å². The van der Waals surface area contributed by atoms with E-state index < -0.39 is 0 Å². The molecule has 4 aromatic carbocycles. The summed E-state index contributed by atoms with van der Waals surface area (Å²) in [5, 5.41) is 2.97. The standard InChI is InChI=1S/C47H55N7O6/c1-33-16-21-40(41(31-33)59-30-9-5-8-15-42(55)53-28-26-51(2)27-29-53)52(3)46(57)36-17-19-37(20-18-36)48-45(56)38-13-10-14-39-43(38)50-44(49-39)35-22-24-54(25-23-35)47(58)60-32-34-11-6-4-7-12-34/h4,6-7,10-14,16-21,31,35H,5,8-9,15,22-30,32H2,1-3H3,(H,48,56)(H,49,50). The number of imidazole rings is 1. The number of piperidine rings is 1. The Morgan fingerprint density at radius 3 is 2.33 bits per heavy atom. The Hall–Kier alpha value is -6.21. The molecule has 0 unspecified atom stereocenters. The van der Waals surface area contributed by atoms with Gasteiger partial charge in [0.15, 0.2) is 0 Å². The topological polar surface area (TPSA) is 140 Å². The summed E-state index contributed by atoms with van der Waals surface area (Å²) in [5.41, 5.74) is 5.41. The fraction of sp³-hybridized carbons (Fsp3) is 0.383. The molecule has 2 fully saturated rings.